The van der Waals surface area contributed by atoms with Crippen molar-refractivity contribution in [2.24, 2.45) is 0 Å². The average Bonchev–Trinajstić information content (AvgIpc) is 3.26. The van der Waals surface area contributed by atoms with E-state index in [0.29, 0.717) is 23.8 Å². The molecule has 0 aliphatic carbocycles. The zero-order valence-electron chi connectivity index (χ0n) is 17.3. The van der Waals surface area contributed by atoms with E-state index in [4.69, 9.17) is 9.97 Å². The van der Waals surface area contributed by atoms with Crippen molar-refractivity contribution < 1.29 is 5.11 Å². The molecule has 5 aromatic rings. The van der Waals surface area contributed by atoms with Gasteiger partial charge in [-0.2, -0.15) is 9.97 Å². The summed E-state index contributed by atoms with van der Waals surface area (Å²) in [5, 5.41) is 16.2. The number of nitrogens with one attached hydrogen (secondary N) is 2. The lowest BCUT2D eigenvalue weighted by atomic mass is 10.1. The molecule has 32 heavy (non-hydrogen) atoms. The van der Waals surface area contributed by atoms with Crippen LogP contribution in [0.4, 0.5) is 17.5 Å². The second-order valence-electron chi connectivity index (χ2n) is 7.35. The number of rotatable bonds is 7. The first-order chi connectivity index (χ1) is 15.8. The van der Waals surface area contributed by atoms with E-state index in [2.05, 4.69) is 15.6 Å². The summed E-state index contributed by atoms with van der Waals surface area (Å²) >= 11 is 0. The van der Waals surface area contributed by atoms with E-state index in [1.54, 1.807) is 18.5 Å². The molecule has 0 saturated heterocycles. The van der Waals surface area contributed by atoms with Gasteiger partial charge in [0, 0.05) is 17.9 Å². The Hall–Kier alpha value is -4.39. The molecule has 0 spiro atoms. The van der Waals surface area contributed by atoms with Crippen LogP contribution >= 0.6 is 0 Å². The zero-order chi connectivity index (χ0) is 21.8. The summed E-state index contributed by atoms with van der Waals surface area (Å²) in [6, 6.07) is 27.1. The van der Waals surface area contributed by atoms with Gasteiger partial charge in [-0.05, 0) is 48.4 Å². The first kappa shape index (κ1) is 19.6. The monoisotopic (exact) mass is 422 g/mol. The van der Waals surface area contributed by atoms with Crippen molar-refractivity contribution in [1.29, 1.82) is 0 Å². The van der Waals surface area contributed by atoms with Crippen LogP contribution in [0.2, 0.25) is 0 Å². The minimum Gasteiger partial charge on any atom is -0.508 e. The molecule has 7 nitrogen and oxygen atoms in total. The second-order valence-corrected chi connectivity index (χ2v) is 7.35. The number of aromatic hydroxyl groups is 1. The van der Waals surface area contributed by atoms with E-state index >= 15 is 0 Å². The fourth-order valence-electron chi connectivity index (χ4n) is 3.50. The Bertz CT molecular complexity index is 1320. The van der Waals surface area contributed by atoms with Gasteiger partial charge in [-0.3, -0.25) is 4.57 Å². The van der Waals surface area contributed by atoms with Gasteiger partial charge < -0.3 is 15.7 Å². The number of para-hydroxylation sites is 2. The Morgan fingerprint density at radius 2 is 1.53 bits per heavy atom. The molecule has 0 aliphatic heterocycles. The van der Waals surface area contributed by atoms with Gasteiger partial charge in [-0.15, -0.1) is 0 Å². The van der Waals surface area contributed by atoms with E-state index < -0.39 is 0 Å². The minimum absolute atomic E-state index is 0.266. The fourth-order valence-corrected chi connectivity index (χ4v) is 3.50. The second kappa shape index (κ2) is 8.77. The number of benzene rings is 3. The third-order valence-corrected chi connectivity index (χ3v) is 5.10. The molecular weight excluding hydrogens is 400 g/mol. The summed E-state index contributed by atoms with van der Waals surface area (Å²) in [6.07, 6.45) is 2.55. The van der Waals surface area contributed by atoms with Crippen LogP contribution < -0.4 is 10.6 Å². The quantitative estimate of drug-likeness (QED) is 0.345. The molecule has 158 valence electrons. The lowest BCUT2D eigenvalue weighted by Gasteiger charge is -2.11. The zero-order valence-corrected chi connectivity index (χ0v) is 17.3. The Kier molecular flexibility index (Phi) is 5.36. The lowest BCUT2D eigenvalue weighted by molar-refractivity contribution is 0.475. The van der Waals surface area contributed by atoms with Crippen molar-refractivity contribution in [3.63, 3.8) is 0 Å². The number of aromatic nitrogens is 4. The topological polar surface area (TPSA) is 87.9 Å². The number of phenolic OH excluding ortho intramolecular Hbond substituents is 1. The van der Waals surface area contributed by atoms with Crippen LogP contribution in [-0.2, 0) is 6.42 Å². The highest BCUT2D eigenvalue weighted by atomic mass is 16.3. The van der Waals surface area contributed by atoms with Crippen molar-refractivity contribution in [2.75, 3.05) is 17.2 Å². The maximum absolute atomic E-state index is 9.48. The van der Waals surface area contributed by atoms with Gasteiger partial charge in [-0.1, -0.05) is 48.5 Å². The van der Waals surface area contributed by atoms with Gasteiger partial charge in [0.05, 0.1) is 0 Å². The summed E-state index contributed by atoms with van der Waals surface area (Å²) in [5.41, 5.74) is 4.44. The molecule has 0 fully saturated rings. The Morgan fingerprint density at radius 1 is 0.812 bits per heavy atom. The summed E-state index contributed by atoms with van der Waals surface area (Å²) < 4.78 is 1.96. The highest BCUT2D eigenvalue weighted by molar-refractivity contribution is 5.86. The van der Waals surface area contributed by atoms with Crippen molar-refractivity contribution in [3.05, 3.63) is 96.8 Å². The van der Waals surface area contributed by atoms with Crippen molar-refractivity contribution >= 4 is 28.6 Å². The molecule has 2 aromatic heterocycles. The molecule has 0 atom stereocenters. The molecule has 0 aliphatic rings. The van der Waals surface area contributed by atoms with Crippen molar-refractivity contribution in [2.45, 2.75) is 6.42 Å². The normalized spacial score (nSPS) is 10.9. The average molecular weight is 422 g/mol. The largest absolute Gasteiger partial charge is 0.508 e. The molecule has 0 bridgehead atoms. The van der Waals surface area contributed by atoms with E-state index in [9.17, 15) is 5.11 Å². The molecule has 0 unspecified atom stereocenters. The molecule has 5 rings (SSSR count). The van der Waals surface area contributed by atoms with Gasteiger partial charge in [0.25, 0.3) is 0 Å². The molecular formula is C25H22N6O. The van der Waals surface area contributed by atoms with Gasteiger partial charge >= 0.3 is 0 Å². The highest BCUT2D eigenvalue weighted by Gasteiger charge is 2.14. The number of nitrogens with zero attached hydrogens (tertiary/aromatic N) is 4. The van der Waals surface area contributed by atoms with E-state index in [0.717, 1.165) is 29.0 Å². The predicted octanol–water partition coefficient (Wildman–Crippen LogP) is 4.92. The van der Waals surface area contributed by atoms with E-state index in [1.807, 2.05) is 77.4 Å². The van der Waals surface area contributed by atoms with Crippen LogP contribution in [0.25, 0.3) is 16.9 Å². The summed E-state index contributed by atoms with van der Waals surface area (Å²) in [7, 11) is 0. The number of imidazole rings is 1. The fraction of sp³-hybridized carbons (Fsp3) is 0.0800. The molecule has 0 radical (unpaired) electrons. The van der Waals surface area contributed by atoms with E-state index in [1.165, 1.54) is 0 Å². The molecule has 0 amide bonds. The molecule has 2 heterocycles. The molecule has 3 N–H and O–H groups in total. The first-order valence-electron chi connectivity index (χ1n) is 10.4. The van der Waals surface area contributed by atoms with Crippen LogP contribution in [0.3, 0.4) is 0 Å². The van der Waals surface area contributed by atoms with Gasteiger partial charge in [0.2, 0.25) is 5.95 Å². The third-order valence-electron chi connectivity index (χ3n) is 5.10. The molecule has 7 heteroatoms. The van der Waals surface area contributed by atoms with Crippen LogP contribution in [0.1, 0.15) is 5.56 Å². The van der Waals surface area contributed by atoms with Crippen LogP contribution in [0.15, 0.2) is 91.3 Å². The van der Waals surface area contributed by atoms with Crippen LogP contribution in [-0.4, -0.2) is 31.2 Å². The van der Waals surface area contributed by atoms with Gasteiger partial charge in [0.1, 0.15) is 12.1 Å². The van der Waals surface area contributed by atoms with E-state index in [-0.39, 0.29) is 5.75 Å². The number of hydrogen-bond acceptors (Lipinski definition) is 6. The highest BCUT2D eigenvalue weighted by Crippen LogP contribution is 2.25. The number of hydrogen-bond donors (Lipinski definition) is 3. The smallest absolute Gasteiger partial charge is 0.231 e. The maximum Gasteiger partial charge on any atom is 0.231 e. The van der Waals surface area contributed by atoms with Crippen LogP contribution in [0, 0.1) is 0 Å². The van der Waals surface area contributed by atoms with Gasteiger partial charge in [-0.25, -0.2) is 4.98 Å². The van der Waals surface area contributed by atoms with Crippen molar-refractivity contribution in [3.8, 4) is 11.4 Å². The molecule has 3 aromatic carbocycles. The van der Waals surface area contributed by atoms with Gasteiger partial charge in [0.15, 0.2) is 17.0 Å². The summed E-state index contributed by atoms with van der Waals surface area (Å²) in [5.74, 6) is 1.43. The minimum atomic E-state index is 0.266. The first-order valence-corrected chi connectivity index (χ1v) is 10.4. The summed E-state index contributed by atoms with van der Waals surface area (Å²) in [6.45, 7) is 0.667. The third kappa shape index (κ3) is 4.22. The Labute approximate surface area is 185 Å². The number of phenols is 1. The standard InChI is InChI=1S/C25H22N6O/c32-21-13-11-18(12-14-21)15-16-26-23-22-24(31(17-27-22)20-9-5-2-6-10-20)30-25(29-23)28-19-7-3-1-4-8-19/h1-14,17,32H,15-16H2,(H2,26,28,29,30). The Balaban J connectivity index is 1.48. The van der Waals surface area contributed by atoms with Crippen LogP contribution in [0.5, 0.6) is 5.75 Å². The molecule has 0 saturated carbocycles. The maximum atomic E-state index is 9.48. The number of anilines is 3. The Morgan fingerprint density at radius 3 is 2.28 bits per heavy atom. The summed E-state index contributed by atoms with van der Waals surface area (Å²) in [4.78, 5) is 14.0. The predicted molar refractivity (Wildman–Crippen MR) is 127 cm³/mol. The van der Waals surface area contributed by atoms with Crippen molar-refractivity contribution in [1.82, 2.24) is 19.5 Å². The lowest BCUT2D eigenvalue weighted by Crippen LogP contribution is -2.09. The SMILES string of the molecule is Oc1ccc(CCNc2nc(Nc3ccccc3)nc3c2ncn3-c2ccccc2)cc1. The number of fused-ring (bicyclic) bond motifs is 1.